The number of halogens is 1. The zero-order valence-corrected chi connectivity index (χ0v) is 15.2. The Morgan fingerprint density at radius 1 is 0.960 bits per heavy atom. The smallest absolute Gasteiger partial charge is 0.236 e. The predicted octanol–water partition coefficient (Wildman–Crippen LogP) is 5.63. The van der Waals surface area contributed by atoms with Crippen LogP contribution in [0.2, 0.25) is 0 Å². The highest BCUT2D eigenvalue weighted by Gasteiger charge is 2.32. The number of anilines is 1. The molecule has 3 aromatic carbocycles. The molecular weight excluding hydrogens is 378 g/mol. The molecule has 0 aromatic heterocycles. The van der Waals surface area contributed by atoms with Crippen molar-refractivity contribution in [1.29, 1.82) is 0 Å². The number of hydrogen-bond donors (Lipinski definition) is 1. The summed E-state index contributed by atoms with van der Waals surface area (Å²) < 4.78 is 6.98. The normalized spacial score (nSPS) is 12.7. The topological polar surface area (TPSA) is 38.3 Å². The number of carbonyl (C=O) groups excluding carboxylic acids is 1. The number of rotatable bonds is 2. The van der Waals surface area contributed by atoms with Gasteiger partial charge in [0.25, 0.3) is 0 Å². The summed E-state index contributed by atoms with van der Waals surface area (Å²) >= 11 is 3.49. The van der Waals surface area contributed by atoms with E-state index in [2.05, 4.69) is 21.2 Å². The Hall–Kier alpha value is -2.59. The maximum absolute atomic E-state index is 13.1. The van der Waals surface area contributed by atoms with Crippen LogP contribution in [-0.4, -0.2) is 5.91 Å². The first-order valence-electron chi connectivity index (χ1n) is 8.06. The van der Waals surface area contributed by atoms with E-state index < -0.39 is 5.92 Å². The summed E-state index contributed by atoms with van der Waals surface area (Å²) in [4.78, 5) is 13.1. The molecule has 0 aliphatic carbocycles. The second-order valence-electron chi connectivity index (χ2n) is 6.06. The van der Waals surface area contributed by atoms with Gasteiger partial charge in [0.2, 0.25) is 5.91 Å². The predicted molar refractivity (Wildman–Crippen MR) is 102 cm³/mol. The molecule has 0 radical (unpaired) electrons. The zero-order valence-electron chi connectivity index (χ0n) is 13.6. The number of amides is 1. The monoisotopic (exact) mass is 393 g/mol. The van der Waals surface area contributed by atoms with Crippen molar-refractivity contribution in [3.63, 3.8) is 0 Å². The molecule has 1 heterocycles. The summed E-state index contributed by atoms with van der Waals surface area (Å²) in [5.74, 6) is 0.997. The van der Waals surface area contributed by atoms with Gasteiger partial charge < -0.3 is 10.1 Å². The average Bonchev–Trinajstić information content (AvgIpc) is 2.62. The van der Waals surface area contributed by atoms with Crippen molar-refractivity contribution in [2.75, 3.05) is 5.32 Å². The molecule has 3 aromatic rings. The third kappa shape index (κ3) is 2.94. The molecule has 0 saturated heterocycles. The van der Waals surface area contributed by atoms with Crippen molar-refractivity contribution in [1.82, 2.24) is 0 Å². The van der Waals surface area contributed by atoms with Crippen molar-refractivity contribution in [3.8, 4) is 11.5 Å². The second-order valence-corrected chi connectivity index (χ2v) is 6.92. The molecule has 0 saturated carbocycles. The van der Waals surface area contributed by atoms with E-state index in [1.165, 1.54) is 0 Å². The van der Waals surface area contributed by atoms with E-state index in [-0.39, 0.29) is 5.91 Å². The number of ether oxygens (including phenoxy) is 1. The summed E-state index contributed by atoms with van der Waals surface area (Å²) in [6.07, 6.45) is 0. The van der Waals surface area contributed by atoms with Crippen LogP contribution >= 0.6 is 15.9 Å². The lowest BCUT2D eigenvalue weighted by Gasteiger charge is -2.27. The van der Waals surface area contributed by atoms with Crippen LogP contribution < -0.4 is 10.1 Å². The highest BCUT2D eigenvalue weighted by atomic mass is 79.9. The van der Waals surface area contributed by atoms with E-state index in [9.17, 15) is 4.79 Å². The van der Waals surface area contributed by atoms with Gasteiger partial charge in [-0.05, 0) is 42.8 Å². The van der Waals surface area contributed by atoms with Gasteiger partial charge >= 0.3 is 0 Å². The Balaban J connectivity index is 1.73. The standard InChI is InChI=1S/C21H16BrNO2/c1-13-12-14(10-11-17(13)22)23-21(24)20-15-6-2-4-8-18(15)25-19-9-5-3-7-16(19)20/h2-12,20H,1H3,(H,23,24). The van der Waals surface area contributed by atoms with Gasteiger partial charge in [0.05, 0.1) is 5.92 Å². The molecule has 3 nitrogen and oxygen atoms in total. The molecule has 25 heavy (non-hydrogen) atoms. The van der Waals surface area contributed by atoms with E-state index in [1.807, 2.05) is 73.7 Å². The Morgan fingerprint density at radius 2 is 1.56 bits per heavy atom. The fourth-order valence-electron chi connectivity index (χ4n) is 3.13. The Labute approximate surface area is 154 Å². The zero-order chi connectivity index (χ0) is 17.4. The number of nitrogens with one attached hydrogen (secondary N) is 1. The van der Waals surface area contributed by atoms with Crippen LogP contribution in [0, 0.1) is 6.92 Å². The molecule has 0 unspecified atom stereocenters. The van der Waals surface area contributed by atoms with Crippen molar-refractivity contribution in [2.45, 2.75) is 12.8 Å². The minimum atomic E-state index is -0.398. The van der Waals surface area contributed by atoms with Crippen LogP contribution in [-0.2, 0) is 4.79 Å². The molecule has 1 N–H and O–H groups in total. The SMILES string of the molecule is Cc1cc(NC(=O)C2c3ccccc3Oc3ccccc32)ccc1Br. The van der Waals surface area contributed by atoms with Crippen LogP contribution in [0.25, 0.3) is 0 Å². The lowest BCUT2D eigenvalue weighted by Crippen LogP contribution is -2.25. The number of hydrogen-bond acceptors (Lipinski definition) is 2. The molecule has 0 spiro atoms. The minimum absolute atomic E-state index is 0.0649. The first-order chi connectivity index (χ1) is 12.1. The van der Waals surface area contributed by atoms with Crippen LogP contribution in [0.5, 0.6) is 11.5 Å². The number of para-hydroxylation sites is 2. The number of benzene rings is 3. The lowest BCUT2D eigenvalue weighted by atomic mass is 9.87. The number of carbonyl (C=O) groups is 1. The Morgan fingerprint density at radius 3 is 2.16 bits per heavy atom. The van der Waals surface area contributed by atoms with Gasteiger partial charge in [0.1, 0.15) is 11.5 Å². The second kappa shape index (κ2) is 6.37. The lowest BCUT2D eigenvalue weighted by molar-refractivity contribution is -0.116. The highest BCUT2D eigenvalue weighted by molar-refractivity contribution is 9.10. The summed E-state index contributed by atoms with van der Waals surface area (Å²) in [5.41, 5.74) is 3.62. The fourth-order valence-corrected chi connectivity index (χ4v) is 3.38. The van der Waals surface area contributed by atoms with Crippen LogP contribution in [0.15, 0.2) is 71.2 Å². The molecule has 1 amide bonds. The highest BCUT2D eigenvalue weighted by Crippen LogP contribution is 2.44. The van der Waals surface area contributed by atoms with E-state index in [0.29, 0.717) is 0 Å². The molecule has 4 heteroatoms. The van der Waals surface area contributed by atoms with Crippen molar-refractivity contribution in [3.05, 3.63) is 87.9 Å². The van der Waals surface area contributed by atoms with Gasteiger partial charge in [-0.3, -0.25) is 4.79 Å². The van der Waals surface area contributed by atoms with Gasteiger partial charge in [0, 0.05) is 21.3 Å². The van der Waals surface area contributed by atoms with Crippen molar-refractivity contribution in [2.24, 2.45) is 0 Å². The molecular formula is C21H16BrNO2. The van der Waals surface area contributed by atoms with Crippen molar-refractivity contribution < 1.29 is 9.53 Å². The average molecular weight is 394 g/mol. The Bertz CT molecular complexity index is 922. The van der Waals surface area contributed by atoms with E-state index in [1.54, 1.807) is 0 Å². The molecule has 124 valence electrons. The van der Waals surface area contributed by atoms with Gasteiger partial charge in [-0.15, -0.1) is 0 Å². The molecule has 1 aliphatic heterocycles. The number of fused-ring (bicyclic) bond motifs is 2. The maximum atomic E-state index is 13.1. The van der Waals surface area contributed by atoms with Gasteiger partial charge in [-0.25, -0.2) is 0 Å². The summed E-state index contributed by atoms with van der Waals surface area (Å²) in [5, 5.41) is 3.05. The minimum Gasteiger partial charge on any atom is -0.457 e. The van der Waals surface area contributed by atoms with Crippen LogP contribution in [0.1, 0.15) is 22.6 Å². The van der Waals surface area contributed by atoms with Crippen LogP contribution in [0.3, 0.4) is 0 Å². The third-order valence-corrected chi connectivity index (χ3v) is 5.26. The van der Waals surface area contributed by atoms with E-state index >= 15 is 0 Å². The molecule has 4 rings (SSSR count). The van der Waals surface area contributed by atoms with Gasteiger partial charge in [0.15, 0.2) is 0 Å². The molecule has 0 atom stereocenters. The van der Waals surface area contributed by atoms with E-state index in [4.69, 9.17) is 4.74 Å². The molecule has 0 fully saturated rings. The summed E-state index contributed by atoms with van der Waals surface area (Å²) in [7, 11) is 0. The number of aryl methyl sites for hydroxylation is 1. The first kappa shape index (κ1) is 15.9. The Kier molecular flexibility index (Phi) is 4.06. The first-order valence-corrected chi connectivity index (χ1v) is 8.85. The maximum Gasteiger partial charge on any atom is 0.236 e. The van der Waals surface area contributed by atoms with Crippen LogP contribution in [0.4, 0.5) is 5.69 Å². The summed E-state index contributed by atoms with van der Waals surface area (Å²) in [6, 6.07) is 21.2. The largest absolute Gasteiger partial charge is 0.457 e. The quantitative estimate of drug-likeness (QED) is 0.612. The summed E-state index contributed by atoms with van der Waals surface area (Å²) in [6.45, 7) is 2.00. The molecule has 0 bridgehead atoms. The van der Waals surface area contributed by atoms with Gasteiger partial charge in [-0.1, -0.05) is 52.3 Å². The fraction of sp³-hybridized carbons (Fsp3) is 0.0952. The van der Waals surface area contributed by atoms with E-state index in [0.717, 1.165) is 38.3 Å². The van der Waals surface area contributed by atoms with Gasteiger partial charge in [-0.2, -0.15) is 0 Å². The van der Waals surface area contributed by atoms with Crippen molar-refractivity contribution >= 4 is 27.5 Å². The third-order valence-electron chi connectivity index (χ3n) is 4.37. The molecule has 1 aliphatic rings.